The SMILES string of the molecule is COC(=O)C1=C(C(=O)OC)C2([C@@H](Cc3ccccc3)Nc3ccccc3)C=CC1O2. The molecule has 6 nitrogen and oxygen atoms in total. The monoisotopic (exact) mass is 405 g/mol. The van der Waals surface area contributed by atoms with Gasteiger partial charge in [-0.25, -0.2) is 9.59 Å². The second-order valence-corrected chi connectivity index (χ2v) is 7.22. The number of hydrogen-bond donors (Lipinski definition) is 1. The van der Waals surface area contributed by atoms with E-state index in [1.54, 1.807) is 6.08 Å². The van der Waals surface area contributed by atoms with Gasteiger partial charge in [-0.1, -0.05) is 54.6 Å². The summed E-state index contributed by atoms with van der Waals surface area (Å²) in [4.78, 5) is 25.3. The van der Waals surface area contributed by atoms with E-state index in [0.29, 0.717) is 6.42 Å². The third kappa shape index (κ3) is 3.39. The van der Waals surface area contributed by atoms with Crippen LogP contribution >= 0.6 is 0 Å². The van der Waals surface area contributed by atoms with E-state index in [4.69, 9.17) is 14.2 Å². The van der Waals surface area contributed by atoms with Gasteiger partial charge >= 0.3 is 11.9 Å². The van der Waals surface area contributed by atoms with Crippen LogP contribution in [0, 0.1) is 0 Å². The molecule has 0 aromatic heterocycles. The van der Waals surface area contributed by atoms with E-state index in [1.807, 2.05) is 66.7 Å². The highest BCUT2D eigenvalue weighted by Gasteiger charge is 2.58. The van der Waals surface area contributed by atoms with Gasteiger partial charge in [0.25, 0.3) is 0 Å². The van der Waals surface area contributed by atoms with E-state index in [1.165, 1.54) is 14.2 Å². The molecule has 2 heterocycles. The number of hydrogen-bond acceptors (Lipinski definition) is 6. The molecule has 2 aromatic rings. The van der Waals surface area contributed by atoms with Crippen LogP contribution in [0.3, 0.4) is 0 Å². The predicted molar refractivity (Wildman–Crippen MR) is 112 cm³/mol. The molecule has 0 saturated carbocycles. The van der Waals surface area contributed by atoms with Gasteiger partial charge in [-0.05, 0) is 30.2 Å². The van der Waals surface area contributed by atoms with Crippen LogP contribution in [0.2, 0.25) is 0 Å². The number of esters is 2. The maximum Gasteiger partial charge on any atom is 0.337 e. The van der Waals surface area contributed by atoms with Crippen molar-refractivity contribution < 1.29 is 23.8 Å². The second-order valence-electron chi connectivity index (χ2n) is 7.22. The summed E-state index contributed by atoms with van der Waals surface area (Å²) in [5, 5.41) is 3.50. The van der Waals surface area contributed by atoms with Crippen molar-refractivity contribution in [1.82, 2.24) is 0 Å². The molecule has 0 saturated heterocycles. The van der Waals surface area contributed by atoms with Gasteiger partial charge in [0.05, 0.1) is 31.4 Å². The molecule has 2 unspecified atom stereocenters. The highest BCUT2D eigenvalue weighted by molar-refractivity contribution is 6.05. The van der Waals surface area contributed by atoms with Gasteiger partial charge in [0.15, 0.2) is 0 Å². The van der Waals surface area contributed by atoms with Gasteiger partial charge in [0.1, 0.15) is 11.7 Å². The van der Waals surface area contributed by atoms with Crippen LogP contribution in [0.1, 0.15) is 5.56 Å². The molecule has 0 fully saturated rings. The minimum Gasteiger partial charge on any atom is -0.466 e. The summed E-state index contributed by atoms with van der Waals surface area (Å²) in [6.45, 7) is 0. The van der Waals surface area contributed by atoms with Crippen molar-refractivity contribution in [1.29, 1.82) is 0 Å². The summed E-state index contributed by atoms with van der Waals surface area (Å²) in [5.74, 6) is -1.19. The largest absolute Gasteiger partial charge is 0.466 e. The Kier molecular flexibility index (Phi) is 5.42. The molecule has 0 aliphatic carbocycles. The topological polar surface area (TPSA) is 73.9 Å². The van der Waals surface area contributed by atoms with Gasteiger partial charge in [0.2, 0.25) is 0 Å². The van der Waals surface area contributed by atoms with E-state index in [9.17, 15) is 9.59 Å². The zero-order valence-electron chi connectivity index (χ0n) is 16.8. The van der Waals surface area contributed by atoms with E-state index >= 15 is 0 Å². The van der Waals surface area contributed by atoms with Crippen molar-refractivity contribution in [3.63, 3.8) is 0 Å². The Hall–Kier alpha value is -3.38. The van der Waals surface area contributed by atoms with Crippen LogP contribution < -0.4 is 5.32 Å². The van der Waals surface area contributed by atoms with Crippen molar-refractivity contribution >= 4 is 17.6 Å². The second kappa shape index (κ2) is 8.16. The predicted octanol–water partition coefficient (Wildman–Crippen LogP) is 3.06. The lowest BCUT2D eigenvalue weighted by atomic mass is 9.79. The Labute approximate surface area is 175 Å². The Morgan fingerprint density at radius 3 is 2.27 bits per heavy atom. The lowest BCUT2D eigenvalue weighted by Gasteiger charge is -2.36. The number of carbonyl (C=O) groups excluding carboxylic acids is 2. The lowest BCUT2D eigenvalue weighted by Crippen LogP contribution is -2.49. The summed E-state index contributed by atoms with van der Waals surface area (Å²) in [6, 6.07) is 19.2. The molecule has 0 radical (unpaired) electrons. The molecule has 3 atom stereocenters. The summed E-state index contributed by atoms with van der Waals surface area (Å²) in [7, 11) is 2.58. The van der Waals surface area contributed by atoms with Crippen LogP contribution in [0.25, 0.3) is 0 Å². The van der Waals surface area contributed by atoms with Gasteiger partial charge in [-0.15, -0.1) is 0 Å². The number of fused-ring (bicyclic) bond motifs is 2. The first-order chi connectivity index (χ1) is 14.6. The van der Waals surface area contributed by atoms with E-state index in [0.717, 1.165) is 11.3 Å². The summed E-state index contributed by atoms with van der Waals surface area (Å²) >= 11 is 0. The Morgan fingerprint density at radius 2 is 1.63 bits per heavy atom. The number of nitrogens with one attached hydrogen (secondary N) is 1. The number of anilines is 1. The van der Waals surface area contributed by atoms with Crippen LogP contribution in [0.15, 0.2) is 84.0 Å². The highest BCUT2D eigenvalue weighted by atomic mass is 16.6. The molecular weight excluding hydrogens is 382 g/mol. The maximum atomic E-state index is 12.8. The van der Waals surface area contributed by atoms with Gasteiger partial charge in [-0.2, -0.15) is 0 Å². The molecule has 2 aliphatic rings. The summed E-state index contributed by atoms with van der Waals surface area (Å²) < 4.78 is 16.3. The average Bonchev–Trinajstić information content (AvgIpc) is 3.37. The van der Waals surface area contributed by atoms with Crippen molar-refractivity contribution in [2.75, 3.05) is 19.5 Å². The molecule has 1 N–H and O–H groups in total. The molecule has 0 amide bonds. The third-order valence-electron chi connectivity index (χ3n) is 5.50. The quantitative estimate of drug-likeness (QED) is 0.564. The number of benzene rings is 2. The maximum absolute atomic E-state index is 12.8. The van der Waals surface area contributed by atoms with Crippen molar-refractivity contribution in [2.45, 2.75) is 24.2 Å². The van der Waals surface area contributed by atoms with Gasteiger partial charge in [-0.3, -0.25) is 0 Å². The van der Waals surface area contributed by atoms with Crippen LogP contribution in [-0.4, -0.2) is 43.9 Å². The zero-order valence-corrected chi connectivity index (χ0v) is 16.8. The standard InChI is InChI=1S/C24H23NO5/c1-28-22(26)20-18-13-14-24(30-18,21(20)23(27)29-2)19(15-16-9-5-3-6-10-16)25-17-11-7-4-8-12-17/h3-14,18-19,25H,15H2,1-2H3/t18?,19-,24?/m1/s1. The first-order valence-electron chi connectivity index (χ1n) is 9.73. The molecule has 2 bridgehead atoms. The van der Waals surface area contributed by atoms with Crippen LogP contribution in [0.5, 0.6) is 0 Å². The van der Waals surface area contributed by atoms with E-state index in [-0.39, 0.29) is 17.2 Å². The molecular formula is C24H23NO5. The van der Waals surface area contributed by atoms with Gasteiger partial charge < -0.3 is 19.5 Å². The normalized spacial score (nSPS) is 22.7. The van der Waals surface area contributed by atoms with E-state index < -0.39 is 23.6 Å². The number of methoxy groups -OCH3 is 2. The average molecular weight is 405 g/mol. The molecule has 154 valence electrons. The minimum absolute atomic E-state index is 0.189. The first-order valence-corrected chi connectivity index (χ1v) is 9.73. The van der Waals surface area contributed by atoms with E-state index in [2.05, 4.69) is 5.32 Å². The zero-order chi connectivity index (χ0) is 21.1. The molecule has 4 rings (SSSR count). The third-order valence-corrected chi connectivity index (χ3v) is 5.50. The number of para-hydroxylation sites is 1. The summed E-state index contributed by atoms with van der Waals surface area (Å²) in [5.41, 5.74) is 1.17. The Balaban J connectivity index is 1.81. The molecule has 30 heavy (non-hydrogen) atoms. The summed E-state index contributed by atoms with van der Waals surface area (Å²) in [6.07, 6.45) is 3.55. The van der Waals surface area contributed by atoms with Crippen molar-refractivity contribution in [2.24, 2.45) is 0 Å². The fraction of sp³-hybridized carbons (Fsp3) is 0.250. The molecule has 6 heteroatoms. The first kappa shape index (κ1) is 19.9. The van der Waals surface area contributed by atoms with Crippen molar-refractivity contribution in [3.8, 4) is 0 Å². The molecule has 2 aromatic carbocycles. The number of carbonyl (C=O) groups is 2. The Bertz CT molecular complexity index is 957. The number of rotatable bonds is 7. The number of ether oxygens (including phenoxy) is 3. The molecule has 2 aliphatic heterocycles. The fourth-order valence-electron chi connectivity index (χ4n) is 4.14. The van der Waals surface area contributed by atoms with Crippen LogP contribution in [0.4, 0.5) is 5.69 Å². The Morgan fingerprint density at radius 1 is 1.00 bits per heavy atom. The molecule has 0 spiro atoms. The van der Waals surface area contributed by atoms with Gasteiger partial charge in [0, 0.05) is 5.69 Å². The smallest absolute Gasteiger partial charge is 0.337 e. The highest BCUT2D eigenvalue weighted by Crippen LogP contribution is 2.47. The van der Waals surface area contributed by atoms with Crippen LogP contribution in [-0.2, 0) is 30.2 Å². The van der Waals surface area contributed by atoms with Crippen molar-refractivity contribution in [3.05, 3.63) is 89.5 Å². The fourth-order valence-corrected chi connectivity index (χ4v) is 4.14. The lowest BCUT2D eigenvalue weighted by molar-refractivity contribution is -0.139. The minimum atomic E-state index is -1.16.